The van der Waals surface area contributed by atoms with Gasteiger partial charge < -0.3 is 16.8 Å². The van der Waals surface area contributed by atoms with Crippen molar-refractivity contribution in [2.75, 3.05) is 0 Å². The highest BCUT2D eigenvalue weighted by Crippen LogP contribution is 2.30. The number of carbonyl (C=O) groups excluding carboxylic acids is 1. The third-order valence-corrected chi connectivity index (χ3v) is 6.60. The van der Waals surface area contributed by atoms with Gasteiger partial charge in [0.25, 0.3) is 5.91 Å². The number of aliphatic imine (C=N–C) groups is 1. The molecule has 32 heavy (non-hydrogen) atoms. The van der Waals surface area contributed by atoms with E-state index in [1.54, 1.807) is 18.5 Å². The molecule has 2 aliphatic rings. The molecule has 9 nitrogen and oxygen atoms in total. The fraction of sp³-hybridized carbons (Fsp3) is 0.409. The molecule has 0 aromatic carbocycles. The van der Waals surface area contributed by atoms with E-state index in [-0.39, 0.29) is 23.7 Å². The van der Waals surface area contributed by atoms with Crippen molar-refractivity contribution in [3.63, 3.8) is 0 Å². The van der Waals surface area contributed by atoms with Crippen molar-refractivity contribution in [1.82, 2.24) is 20.7 Å². The molecule has 1 aliphatic heterocycles. The molecule has 0 saturated heterocycles. The van der Waals surface area contributed by atoms with E-state index in [4.69, 9.17) is 16.5 Å². The summed E-state index contributed by atoms with van der Waals surface area (Å²) >= 11 is 1.49. The van der Waals surface area contributed by atoms with E-state index in [1.165, 1.54) is 11.3 Å². The smallest absolute Gasteiger partial charge is 0.271 e. The Kier molecular flexibility index (Phi) is 6.91. The van der Waals surface area contributed by atoms with E-state index < -0.39 is 5.91 Å². The van der Waals surface area contributed by atoms with E-state index in [9.17, 15) is 4.79 Å². The lowest BCUT2D eigenvalue weighted by molar-refractivity contribution is -0.111. The van der Waals surface area contributed by atoms with Gasteiger partial charge >= 0.3 is 0 Å². The van der Waals surface area contributed by atoms with Crippen molar-refractivity contribution in [2.24, 2.45) is 27.5 Å². The van der Waals surface area contributed by atoms with Crippen LogP contribution in [0.4, 0.5) is 5.69 Å². The van der Waals surface area contributed by atoms with Crippen molar-refractivity contribution in [3.05, 3.63) is 41.8 Å². The van der Waals surface area contributed by atoms with E-state index in [2.05, 4.69) is 25.8 Å². The molecule has 0 radical (unpaired) electrons. The molecule has 1 fully saturated rings. The van der Waals surface area contributed by atoms with Gasteiger partial charge in [0.1, 0.15) is 5.82 Å². The molecule has 3 atom stereocenters. The molecule has 3 heterocycles. The SMILES string of the molecule is CC1C/C=C(\N[C@@H]2CCCC[C@@H]2N)NN=C(C(N)=O)C1=Nc1csc(-c2ncccn2)c1. The van der Waals surface area contributed by atoms with Crippen LogP contribution in [0.2, 0.25) is 0 Å². The van der Waals surface area contributed by atoms with Crippen LogP contribution < -0.4 is 22.2 Å². The third kappa shape index (κ3) is 5.20. The van der Waals surface area contributed by atoms with Gasteiger partial charge in [0.2, 0.25) is 0 Å². The van der Waals surface area contributed by atoms with Crippen LogP contribution in [0, 0.1) is 5.92 Å². The summed E-state index contributed by atoms with van der Waals surface area (Å²) in [6.07, 6.45) is 10.4. The van der Waals surface area contributed by atoms with Crippen LogP contribution in [-0.4, -0.2) is 39.4 Å². The number of carbonyl (C=O) groups is 1. The Bertz CT molecular complexity index is 1050. The van der Waals surface area contributed by atoms with Crippen LogP contribution in [0.15, 0.2) is 51.9 Å². The summed E-state index contributed by atoms with van der Waals surface area (Å²) in [6.45, 7) is 2.01. The maximum Gasteiger partial charge on any atom is 0.271 e. The zero-order valence-corrected chi connectivity index (χ0v) is 18.8. The number of nitrogens with two attached hydrogens (primary N) is 2. The number of amides is 1. The van der Waals surface area contributed by atoms with Crippen LogP contribution >= 0.6 is 11.3 Å². The monoisotopic (exact) mass is 452 g/mol. The lowest BCUT2D eigenvalue weighted by Crippen LogP contribution is -2.48. The topological polar surface area (TPSA) is 144 Å². The number of hydrazone groups is 1. The zero-order valence-electron chi connectivity index (χ0n) is 18.0. The summed E-state index contributed by atoms with van der Waals surface area (Å²) < 4.78 is 0. The molecule has 1 amide bonds. The van der Waals surface area contributed by atoms with Gasteiger partial charge in [-0.25, -0.2) is 15.0 Å². The Labute approximate surface area is 191 Å². The van der Waals surface area contributed by atoms with Gasteiger partial charge in [-0.05, 0) is 37.5 Å². The minimum absolute atomic E-state index is 0.0588. The summed E-state index contributed by atoms with van der Waals surface area (Å²) in [6, 6.07) is 3.96. The highest BCUT2D eigenvalue weighted by atomic mass is 32.1. The van der Waals surface area contributed by atoms with Crippen LogP contribution in [-0.2, 0) is 4.79 Å². The number of nitrogens with one attached hydrogen (secondary N) is 2. The first-order chi connectivity index (χ1) is 15.5. The number of aromatic nitrogens is 2. The summed E-state index contributed by atoms with van der Waals surface area (Å²) in [7, 11) is 0. The predicted octanol–water partition coefficient (Wildman–Crippen LogP) is 2.45. The summed E-state index contributed by atoms with van der Waals surface area (Å²) in [4.78, 5) is 26.4. The number of allylic oxidation sites excluding steroid dienone is 1. The maximum absolute atomic E-state index is 12.2. The molecular formula is C22H28N8OS. The number of hydrogen-bond acceptors (Lipinski definition) is 9. The van der Waals surface area contributed by atoms with E-state index in [1.807, 2.05) is 24.4 Å². The van der Waals surface area contributed by atoms with Gasteiger partial charge in [-0.15, -0.1) is 11.3 Å². The molecule has 168 valence electrons. The highest BCUT2D eigenvalue weighted by molar-refractivity contribution is 7.14. The predicted molar refractivity (Wildman–Crippen MR) is 127 cm³/mol. The van der Waals surface area contributed by atoms with Crippen molar-refractivity contribution in [2.45, 2.75) is 51.1 Å². The van der Waals surface area contributed by atoms with Crippen LogP contribution in [0.25, 0.3) is 10.7 Å². The minimum Gasteiger partial charge on any atom is -0.366 e. The lowest BCUT2D eigenvalue weighted by Gasteiger charge is -2.31. The van der Waals surface area contributed by atoms with Crippen LogP contribution in [0.1, 0.15) is 39.0 Å². The summed E-state index contributed by atoms with van der Waals surface area (Å²) in [5.41, 5.74) is 16.3. The normalized spacial score (nSPS) is 26.8. The Morgan fingerprint density at radius 3 is 2.81 bits per heavy atom. The van der Waals surface area contributed by atoms with Gasteiger partial charge in [0.05, 0.1) is 16.3 Å². The first-order valence-electron chi connectivity index (χ1n) is 10.8. The number of thiophene rings is 1. The molecule has 1 unspecified atom stereocenters. The van der Waals surface area contributed by atoms with Gasteiger partial charge in [0.15, 0.2) is 11.5 Å². The first-order valence-corrected chi connectivity index (χ1v) is 11.7. The first kappa shape index (κ1) is 22.1. The standard InChI is InChI=1S/C22H28N8OS/c1-13-7-8-18(28-16-6-3-2-5-15(16)23)29-30-20(21(24)31)19(13)27-14-11-17(32-12-14)22-25-9-4-10-26-22/h4,8-13,15-16,28-29H,2-3,5-7,23H2,1H3,(H2,24,31)/b18-8+,27-19?,30-20?/t13?,15-,16+/m0/s1. The fourth-order valence-corrected chi connectivity index (χ4v) is 4.67. The molecule has 2 aromatic heterocycles. The molecular weight excluding hydrogens is 424 g/mol. The van der Waals surface area contributed by atoms with Crippen LogP contribution in [0.3, 0.4) is 0 Å². The molecule has 10 heteroatoms. The highest BCUT2D eigenvalue weighted by Gasteiger charge is 2.26. The molecule has 1 saturated carbocycles. The second kappa shape index (κ2) is 10.0. The van der Waals surface area contributed by atoms with Crippen LogP contribution in [0.5, 0.6) is 0 Å². The number of hydrogen-bond donors (Lipinski definition) is 4. The average Bonchev–Trinajstić information content (AvgIpc) is 3.26. The third-order valence-electron chi connectivity index (χ3n) is 5.69. The fourth-order valence-electron chi connectivity index (χ4n) is 3.90. The average molecular weight is 453 g/mol. The van der Waals surface area contributed by atoms with Crippen molar-refractivity contribution in [3.8, 4) is 10.7 Å². The minimum atomic E-state index is -0.624. The number of primary amides is 1. The second-order valence-corrected chi connectivity index (χ2v) is 9.04. The maximum atomic E-state index is 12.2. The quantitative estimate of drug-likeness (QED) is 0.548. The largest absolute Gasteiger partial charge is 0.366 e. The number of rotatable bonds is 5. The van der Waals surface area contributed by atoms with Gasteiger partial charge in [-0.3, -0.25) is 10.2 Å². The molecule has 2 aromatic rings. The Morgan fingerprint density at radius 2 is 2.06 bits per heavy atom. The Hall–Kier alpha value is -3.11. The van der Waals surface area contributed by atoms with Gasteiger partial charge in [-0.1, -0.05) is 19.8 Å². The lowest BCUT2D eigenvalue weighted by atomic mass is 9.91. The van der Waals surface area contributed by atoms with Crippen molar-refractivity contribution in [1.29, 1.82) is 0 Å². The zero-order chi connectivity index (χ0) is 22.5. The van der Waals surface area contributed by atoms with E-state index in [0.29, 0.717) is 23.6 Å². The van der Waals surface area contributed by atoms with Gasteiger partial charge in [0, 0.05) is 35.8 Å². The van der Waals surface area contributed by atoms with E-state index >= 15 is 0 Å². The van der Waals surface area contributed by atoms with Crippen molar-refractivity contribution < 1.29 is 4.79 Å². The molecule has 6 N–H and O–H groups in total. The molecule has 0 bridgehead atoms. The van der Waals surface area contributed by atoms with Crippen molar-refractivity contribution >= 4 is 34.4 Å². The second-order valence-electron chi connectivity index (χ2n) is 8.13. The molecule has 1 aliphatic carbocycles. The number of nitrogens with zero attached hydrogens (tertiary/aromatic N) is 4. The van der Waals surface area contributed by atoms with E-state index in [0.717, 1.165) is 36.4 Å². The molecule has 4 rings (SSSR count). The summed E-state index contributed by atoms with van der Waals surface area (Å²) in [5, 5.41) is 9.68. The Balaban J connectivity index is 1.56. The summed E-state index contributed by atoms with van der Waals surface area (Å²) in [5.74, 6) is 0.702. The van der Waals surface area contributed by atoms with Gasteiger partial charge in [-0.2, -0.15) is 5.10 Å². The molecule has 0 spiro atoms. The Morgan fingerprint density at radius 1 is 1.28 bits per heavy atom.